The number of nitrogens with zero attached hydrogens (tertiary/aromatic N) is 1. The lowest BCUT2D eigenvalue weighted by Gasteiger charge is -2.08. The Bertz CT molecular complexity index is 924. The van der Waals surface area contributed by atoms with Gasteiger partial charge in [-0.05, 0) is 24.1 Å². The van der Waals surface area contributed by atoms with E-state index in [1.54, 1.807) is 6.20 Å². The van der Waals surface area contributed by atoms with Crippen molar-refractivity contribution in [3.8, 4) is 0 Å². The second-order valence-electron chi connectivity index (χ2n) is 5.82. The second kappa shape index (κ2) is 7.00. The molecule has 0 spiro atoms. The number of aromatic nitrogens is 1. The van der Waals surface area contributed by atoms with Crippen molar-refractivity contribution in [3.05, 3.63) is 71.4 Å². The normalized spacial score (nSPS) is 12.3. The molecule has 0 fully saturated rings. The van der Waals surface area contributed by atoms with E-state index in [1.807, 2.05) is 28.8 Å². The van der Waals surface area contributed by atoms with Crippen molar-refractivity contribution in [1.29, 1.82) is 0 Å². The van der Waals surface area contributed by atoms with Gasteiger partial charge in [0.05, 0.1) is 12.6 Å². The van der Waals surface area contributed by atoms with E-state index in [9.17, 15) is 13.6 Å². The SMILES string of the molecule is N[C@@H](Cc1cn(Cc2ccc(F)cc2F)c2ccccc12)C(=O)NO. The highest BCUT2D eigenvalue weighted by Crippen LogP contribution is 2.24. The number of hydrogen-bond donors (Lipinski definition) is 3. The summed E-state index contributed by atoms with van der Waals surface area (Å²) in [6, 6.07) is 10.0. The maximum Gasteiger partial charge on any atom is 0.260 e. The zero-order valence-electron chi connectivity index (χ0n) is 13.2. The lowest BCUT2D eigenvalue weighted by Crippen LogP contribution is -2.40. The van der Waals surface area contributed by atoms with Crippen LogP contribution in [0.25, 0.3) is 10.9 Å². The molecule has 0 bridgehead atoms. The largest absolute Gasteiger partial charge is 0.343 e. The third-order valence-corrected chi connectivity index (χ3v) is 4.11. The van der Waals surface area contributed by atoms with Crippen molar-refractivity contribution in [1.82, 2.24) is 10.0 Å². The molecule has 0 aliphatic rings. The third-order valence-electron chi connectivity index (χ3n) is 4.11. The summed E-state index contributed by atoms with van der Waals surface area (Å²) in [7, 11) is 0. The van der Waals surface area contributed by atoms with Crippen LogP contribution in [-0.4, -0.2) is 21.7 Å². The molecule has 0 aliphatic heterocycles. The molecule has 1 heterocycles. The number of rotatable bonds is 5. The molecule has 7 heteroatoms. The van der Waals surface area contributed by atoms with Gasteiger partial charge in [0.15, 0.2) is 0 Å². The summed E-state index contributed by atoms with van der Waals surface area (Å²) in [5.41, 5.74) is 9.31. The van der Waals surface area contributed by atoms with Crippen molar-refractivity contribution < 1.29 is 18.8 Å². The van der Waals surface area contributed by atoms with Crippen molar-refractivity contribution in [2.75, 3.05) is 0 Å². The molecule has 3 rings (SSSR count). The topological polar surface area (TPSA) is 80.3 Å². The number of nitrogens with one attached hydrogen (secondary N) is 1. The molecule has 0 aliphatic carbocycles. The van der Waals surface area contributed by atoms with Gasteiger partial charge >= 0.3 is 0 Å². The summed E-state index contributed by atoms with van der Waals surface area (Å²) < 4.78 is 28.9. The first-order valence-corrected chi connectivity index (χ1v) is 7.70. The molecular weight excluding hydrogens is 328 g/mol. The van der Waals surface area contributed by atoms with Crippen molar-refractivity contribution in [3.63, 3.8) is 0 Å². The van der Waals surface area contributed by atoms with Crippen LogP contribution in [0.5, 0.6) is 0 Å². The Kier molecular flexibility index (Phi) is 4.78. The molecule has 3 aromatic rings. The molecule has 0 radical (unpaired) electrons. The van der Waals surface area contributed by atoms with Crippen LogP contribution >= 0.6 is 0 Å². The number of nitrogens with two attached hydrogens (primary N) is 1. The Morgan fingerprint density at radius 1 is 1.20 bits per heavy atom. The predicted octanol–water partition coefficient (Wildman–Crippen LogP) is 2.34. The van der Waals surface area contributed by atoms with Crippen LogP contribution in [0.1, 0.15) is 11.1 Å². The second-order valence-corrected chi connectivity index (χ2v) is 5.82. The Hall–Kier alpha value is -2.77. The number of carbonyl (C=O) groups is 1. The molecule has 5 nitrogen and oxygen atoms in total. The minimum atomic E-state index is -0.910. The Morgan fingerprint density at radius 2 is 1.96 bits per heavy atom. The molecule has 1 atom stereocenters. The van der Waals surface area contributed by atoms with Crippen LogP contribution in [0.15, 0.2) is 48.7 Å². The fourth-order valence-electron chi connectivity index (χ4n) is 2.86. The van der Waals surface area contributed by atoms with Gasteiger partial charge in [0.2, 0.25) is 0 Å². The highest BCUT2D eigenvalue weighted by atomic mass is 19.1. The molecule has 130 valence electrons. The lowest BCUT2D eigenvalue weighted by atomic mass is 10.1. The number of hydroxylamine groups is 1. The fourth-order valence-corrected chi connectivity index (χ4v) is 2.86. The van der Waals surface area contributed by atoms with Gasteiger partial charge in [0, 0.05) is 28.7 Å². The fraction of sp³-hybridized carbons (Fsp3) is 0.167. The summed E-state index contributed by atoms with van der Waals surface area (Å²) in [5.74, 6) is -1.92. The number of carbonyl (C=O) groups excluding carboxylic acids is 1. The van der Waals surface area contributed by atoms with E-state index < -0.39 is 23.6 Å². The van der Waals surface area contributed by atoms with E-state index in [0.29, 0.717) is 5.56 Å². The monoisotopic (exact) mass is 345 g/mol. The molecule has 1 amide bonds. The lowest BCUT2D eigenvalue weighted by molar-refractivity contribution is -0.130. The van der Waals surface area contributed by atoms with Crippen LogP contribution in [0.2, 0.25) is 0 Å². The van der Waals surface area contributed by atoms with Gasteiger partial charge in [0.25, 0.3) is 5.91 Å². The van der Waals surface area contributed by atoms with E-state index in [2.05, 4.69) is 0 Å². The maximum atomic E-state index is 14.0. The third kappa shape index (κ3) is 3.52. The Labute approximate surface area is 142 Å². The summed E-state index contributed by atoms with van der Waals surface area (Å²) >= 11 is 0. The smallest absolute Gasteiger partial charge is 0.260 e. The van der Waals surface area contributed by atoms with E-state index in [4.69, 9.17) is 10.9 Å². The number of benzene rings is 2. The molecule has 25 heavy (non-hydrogen) atoms. The summed E-state index contributed by atoms with van der Waals surface area (Å²) in [6.45, 7) is 0.216. The standard InChI is InChI=1S/C18H17F2N3O2/c19-13-6-5-11(15(20)8-13)9-23-10-12(7-16(21)18(24)22-25)14-3-1-2-4-17(14)23/h1-6,8,10,16,25H,7,9,21H2,(H,22,24)/t16-/m0/s1. The van der Waals surface area contributed by atoms with Crippen LogP contribution in [0, 0.1) is 11.6 Å². The first-order valence-electron chi connectivity index (χ1n) is 7.70. The number of hydrogen-bond acceptors (Lipinski definition) is 3. The number of para-hydroxylation sites is 1. The molecule has 0 saturated heterocycles. The Morgan fingerprint density at radius 3 is 2.68 bits per heavy atom. The van der Waals surface area contributed by atoms with E-state index in [0.717, 1.165) is 22.5 Å². The van der Waals surface area contributed by atoms with Gasteiger partial charge in [-0.25, -0.2) is 14.3 Å². The van der Waals surface area contributed by atoms with Crippen LogP contribution in [0.4, 0.5) is 8.78 Å². The van der Waals surface area contributed by atoms with Crippen molar-refractivity contribution in [2.24, 2.45) is 5.73 Å². The highest BCUT2D eigenvalue weighted by Gasteiger charge is 2.17. The molecule has 4 N–H and O–H groups in total. The predicted molar refractivity (Wildman–Crippen MR) is 89.0 cm³/mol. The molecule has 1 aromatic heterocycles. The highest BCUT2D eigenvalue weighted by molar-refractivity contribution is 5.86. The molecule has 2 aromatic carbocycles. The van der Waals surface area contributed by atoms with Crippen LogP contribution in [-0.2, 0) is 17.8 Å². The molecule has 0 saturated carbocycles. The zero-order chi connectivity index (χ0) is 18.0. The average Bonchev–Trinajstić information content (AvgIpc) is 2.94. The van der Waals surface area contributed by atoms with Gasteiger partial charge < -0.3 is 10.3 Å². The first-order chi connectivity index (χ1) is 12.0. The summed E-state index contributed by atoms with van der Waals surface area (Å²) in [4.78, 5) is 11.4. The quantitative estimate of drug-likeness (QED) is 0.490. The molecular formula is C18H17F2N3O2. The zero-order valence-corrected chi connectivity index (χ0v) is 13.2. The van der Waals surface area contributed by atoms with Crippen LogP contribution in [0.3, 0.4) is 0 Å². The summed E-state index contributed by atoms with van der Waals surface area (Å²) in [6.07, 6.45) is 2.00. The average molecular weight is 345 g/mol. The van der Waals surface area contributed by atoms with Crippen molar-refractivity contribution >= 4 is 16.8 Å². The number of fused-ring (bicyclic) bond motifs is 1. The Balaban J connectivity index is 1.97. The maximum absolute atomic E-state index is 14.0. The van der Waals surface area contributed by atoms with Crippen LogP contribution < -0.4 is 11.2 Å². The number of amides is 1. The van der Waals surface area contributed by atoms with Gasteiger partial charge in [-0.3, -0.25) is 10.0 Å². The minimum absolute atomic E-state index is 0.214. The first kappa shape index (κ1) is 17.1. The van der Waals surface area contributed by atoms with Gasteiger partial charge in [0.1, 0.15) is 11.6 Å². The minimum Gasteiger partial charge on any atom is -0.343 e. The van der Waals surface area contributed by atoms with Gasteiger partial charge in [-0.15, -0.1) is 0 Å². The van der Waals surface area contributed by atoms with Gasteiger partial charge in [-0.1, -0.05) is 24.3 Å². The molecule has 0 unspecified atom stereocenters. The summed E-state index contributed by atoms with van der Waals surface area (Å²) in [5, 5.41) is 9.57. The van der Waals surface area contributed by atoms with Crippen molar-refractivity contribution in [2.45, 2.75) is 19.0 Å². The van der Waals surface area contributed by atoms with Gasteiger partial charge in [-0.2, -0.15) is 0 Å². The van der Waals surface area contributed by atoms with E-state index in [1.165, 1.54) is 17.6 Å². The van der Waals surface area contributed by atoms with E-state index in [-0.39, 0.29) is 13.0 Å². The van der Waals surface area contributed by atoms with E-state index >= 15 is 0 Å². The number of halogens is 2.